The van der Waals surface area contributed by atoms with Gasteiger partial charge in [-0.3, -0.25) is 0 Å². The molecule has 0 aliphatic carbocycles. The predicted molar refractivity (Wildman–Crippen MR) is 68.3 cm³/mol. The summed E-state index contributed by atoms with van der Waals surface area (Å²) < 4.78 is 11.2. The van der Waals surface area contributed by atoms with Crippen molar-refractivity contribution in [2.75, 3.05) is 0 Å². The predicted octanol–water partition coefficient (Wildman–Crippen LogP) is 1.55. The first kappa shape index (κ1) is 13.6. The molecule has 0 saturated carbocycles. The highest BCUT2D eigenvalue weighted by Crippen LogP contribution is 2.30. The summed E-state index contributed by atoms with van der Waals surface area (Å²) in [5.74, 6) is 0. The highest BCUT2D eigenvalue weighted by molar-refractivity contribution is 5.68. The molecule has 18 heavy (non-hydrogen) atoms. The summed E-state index contributed by atoms with van der Waals surface area (Å²) in [5, 5.41) is 2.92. The average molecular weight is 256 g/mol. The molecule has 1 amide bonds. The van der Waals surface area contributed by atoms with Crippen molar-refractivity contribution in [1.29, 1.82) is 0 Å². The number of hydrogen-bond acceptors (Lipinski definition) is 4. The zero-order valence-electron chi connectivity index (χ0n) is 11.4. The van der Waals surface area contributed by atoms with Crippen LogP contribution in [0.2, 0.25) is 0 Å². The van der Waals surface area contributed by atoms with Crippen molar-refractivity contribution in [3.05, 3.63) is 0 Å². The van der Waals surface area contributed by atoms with Gasteiger partial charge < -0.3 is 20.5 Å². The first-order chi connectivity index (χ1) is 8.35. The summed E-state index contributed by atoms with van der Waals surface area (Å²) in [6.07, 6.45) is 3.63. The van der Waals surface area contributed by atoms with Gasteiger partial charge in [0.05, 0.1) is 18.2 Å². The van der Waals surface area contributed by atoms with E-state index >= 15 is 0 Å². The van der Waals surface area contributed by atoms with Gasteiger partial charge in [-0.15, -0.1) is 0 Å². The Hall–Kier alpha value is -0.810. The third-order valence-electron chi connectivity index (χ3n) is 3.52. The lowest BCUT2D eigenvalue weighted by atomic mass is 9.86. The number of carbonyl (C=O) groups excluding carboxylic acids is 1. The van der Waals surface area contributed by atoms with Crippen molar-refractivity contribution in [3.8, 4) is 0 Å². The third kappa shape index (κ3) is 3.36. The summed E-state index contributed by atoms with van der Waals surface area (Å²) in [6, 6.07) is 0.215. The van der Waals surface area contributed by atoms with Gasteiger partial charge >= 0.3 is 6.09 Å². The maximum absolute atomic E-state index is 11.7. The van der Waals surface area contributed by atoms with Crippen LogP contribution in [0.4, 0.5) is 4.79 Å². The molecule has 2 fully saturated rings. The summed E-state index contributed by atoms with van der Waals surface area (Å²) in [7, 11) is 0. The van der Waals surface area contributed by atoms with Crippen LogP contribution in [0.15, 0.2) is 0 Å². The molecule has 5 heteroatoms. The highest BCUT2D eigenvalue weighted by atomic mass is 16.6. The molecule has 2 heterocycles. The molecule has 0 unspecified atom stereocenters. The van der Waals surface area contributed by atoms with Crippen LogP contribution in [0, 0.1) is 0 Å². The van der Waals surface area contributed by atoms with Gasteiger partial charge in [0.1, 0.15) is 5.60 Å². The van der Waals surface area contributed by atoms with E-state index in [-0.39, 0.29) is 30.4 Å². The normalized spacial score (nSPS) is 36.0. The lowest BCUT2D eigenvalue weighted by Crippen LogP contribution is -2.56. The first-order valence-corrected chi connectivity index (χ1v) is 6.76. The maximum Gasteiger partial charge on any atom is 0.407 e. The van der Waals surface area contributed by atoms with Crippen LogP contribution >= 0.6 is 0 Å². The average Bonchev–Trinajstić information content (AvgIpc) is 2.24. The van der Waals surface area contributed by atoms with Gasteiger partial charge in [-0.1, -0.05) is 0 Å². The Morgan fingerprint density at radius 1 is 1.22 bits per heavy atom. The van der Waals surface area contributed by atoms with Crippen molar-refractivity contribution in [3.63, 3.8) is 0 Å². The zero-order chi connectivity index (χ0) is 13.3. The fraction of sp³-hybridized carbons (Fsp3) is 0.923. The molecule has 2 bridgehead atoms. The molecule has 2 rings (SSSR count). The van der Waals surface area contributed by atoms with Gasteiger partial charge in [-0.2, -0.15) is 0 Å². The second kappa shape index (κ2) is 5.05. The van der Waals surface area contributed by atoms with Crippen LogP contribution in [-0.2, 0) is 9.47 Å². The molecule has 2 aliphatic rings. The Balaban J connectivity index is 1.86. The largest absolute Gasteiger partial charge is 0.444 e. The van der Waals surface area contributed by atoms with Crippen LogP contribution in [0.3, 0.4) is 0 Å². The number of nitrogens with two attached hydrogens (primary N) is 1. The van der Waals surface area contributed by atoms with Crippen LogP contribution in [0.1, 0.15) is 46.5 Å². The van der Waals surface area contributed by atoms with Gasteiger partial charge in [-0.25, -0.2) is 4.79 Å². The molecule has 104 valence electrons. The Labute approximate surface area is 108 Å². The summed E-state index contributed by atoms with van der Waals surface area (Å²) in [5.41, 5.74) is 5.52. The molecule has 0 aromatic carbocycles. The van der Waals surface area contributed by atoms with Crippen LogP contribution in [0.5, 0.6) is 0 Å². The topological polar surface area (TPSA) is 73.6 Å². The number of amides is 1. The number of fused-ring (bicyclic) bond motifs is 2. The molecule has 3 N–H and O–H groups in total. The van der Waals surface area contributed by atoms with E-state index in [1.165, 1.54) is 0 Å². The van der Waals surface area contributed by atoms with E-state index in [0.717, 1.165) is 25.7 Å². The minimum Gasteiger partial charge on any atom is -0.444 e. The summed E-state index contributed by atoms with van der Waals surface area (Å²) in [6.45, 7) is 5.58. The Morgan fingerprint density at radius 2 is 1.89 bits per heavy atom. The number of carbonyl (C=O) groups is 1. The zero-order valence-corrected chi connectivity index (χ0v) is 11.4. The Kier molecular flexibility index (Phi) is 3.82. The van der Waals surface area contributed by atoms with Gasteiger partial charge in [0.15, 0.2) is 0 Å². The van der Waals surface area contributed by atoms with Gasteiger partial charge in [0.2, 0.25) is 0 Å². The SMILES string of the molecule is CC(C)(C)OC(=O)N[C@H]1CC[C@H]2O[C@@H]1CC[C@@H]2N. The Morgan fingerprint density at radius 3 is 2.56 bits per heavy atom. The molecule has 4 atom stereocenters. The summed E-state index contributed by atoms with van der Waals surface area (Å²) in [4.78, 5) is 11.7. The number of nitrogens with one attached hydrogen (secondary N) is 1. The molecule has 0 radical (unpaired) electrons. The first-order valence-electron chi connectivity index (χ1n) is 6.76. The second-order valence-corrected chi connectivity index (χ2v) is 6.28. The van der Waals surface area contributed by atoms with E-state index < -0.39 is 5.60 Å². The van der Waals surface area contributed by atoms with Crippen molar-refractivity contribution in [1.82, 2.24) is 5.32 Å². The molecular weight excluding hydrogens is 232 g/mol. The van der Waals surface area contributed by atoms with E-state index in [1.54, 1.807) is 0 Å². The number of hydrogen-bond donors (Lipinski definition) is 2. The Bertz CT molecular complexity index is 314. The fourth-order valence-electron chi connectivity index (χ4n) is 2.67. The maximum atomic E-state index is 11.7. The fourth-order valence-corrected chi connectivity index (χ4v) is 2.67. The van der Waals surface area contributed by atoms with E-state index in [9.17, 15) is 4.79 Å². The monoisotopic (exact) mass is 256 g/mol. The van der Waals surface area contributed by atoms with E-state index in [2.05, 4.69) is 5.32 Å². The number of ether oxygens (including phenoxy) is 2. The second-order valence-electron chi connectivity index (χ2n) is 6.28. The van der Waals surface area contributed by atoms with Crippen molar-refractivity contribution >= 4 is 6.09 Å². The molecule has 0 aromatic heterocycles. The lowest BCUT2D eigenvalue weighted by molar-refractivity contribution is -0.108. The quantitative estimate of drug-likeness (QED) is 0.746. The van der Waals surface area contributed by atoms with E-state index in [4.69, 9.17) is 15.2 Å². The minimum absolute atomic E-state index is 0.0589. The van der Waals surface area contributed by atoms with E-state index in [0.29, 0.717) is 0 Å². The highest BCUT2D eigenvalue weighted by Gasteiger charge is 2.39. The minimum atomic E-state index is -0.461. The standard InChI is InChI=1S/C13H24N2O3/c1-13(2,3)18-12(16)15-9-5-7-10-8(14)4-6-11(9)17-10/h8-11H,4-7,14H2,1-3H3,(H,15,16)/t8-,9-,10+,11+/m0/s1. The number of rotatable bonds is 1. The van der Waals surface area contributed by atoms with Crippen molar-refractivity contribution in [2.45, 2.75) is 76.3 Å². The number of alkyl carbamates (subject to hydrolysis) is 1. The molecule has 2 saturated heterocycles. The van der Waals surface area contributed by atoms with Crippen LogP contribution < -0.4 is 11.1 Å². The molecule has 0 aromatic rings. The van der Waals surface area contributed by atoms with Crippen LogP contribution in [0.25, 0.3) is 0 Å². The van der Waals surface area contributed by atoms with Crippen LogP contribution in [-0.4, -0.2) is 36.0 Å². The van der Waals surface area contributed by atoms with Gasteiger partial charge in [0, 0.05) is 6.04 Å². The third-order valence-corrected chi connectivity index (χ3v) is 3.52. The van der Waals surface area contributed by atoms with Gasteiger partial charge in [-0.05, 0) is 46.5 Å². The smallest absolute Gasteiger partial charge is 0.407 e. The van der Waals surface area contributed by atoms with Gasteiger partial charge in [0.25, 0.3) is 0 Å². The molecule has 0 spiro atoms. The molecule has 2 aliphatic heterocycles. The van der Waals surface area contributed by atoms with Crippen molar-refractivity contribution < 1.29 is 14.3 Å². The lowest BCUT2D eigenvalue weighted by Gasteiger charge is -2.43. The summed E-state index contributed by atoms with van der Waals surface area (Å²) >= 11 is 0. The van der Waals surface area contributed by atoms with E-state index in [1.807, 2.05) is 20.8 Å². The van der Waals surface area contributed by atoms with Crippen molar-refractivity contribution in [2.24, 2.45) is 5.73 Å². The molecule has 5 nitrogen and oxygen atoms in total. The molecular formula is C13H24N2O3.